The third-order valence-electron chi connectivity index (χ3n) is 2.61. The molecule has 0 fully saturated rings. The Morgan fingerprint density at radius 3 is 2.35 bits per heavy atom. The van der Waals surface area contributed by atoms with Crippen LogP contribution in [0.1, 0.15) is 13.8 Å². The zero-order chi connectivity index (χ0) is 14.4. The van der Waals surface area contributed by atoms with Gasteiger partial charge in [0, 0.05) is 15.5 Å². The van der Waals surface area contributed by atoms with Crippen molar-refractivity contribution in [3.63, 3.8) is 0 Å². The van der Waals surface area contributed by atoms with Gasteiger partial charge >= 0.3 is 0 Å². The first kappa shape index (κ1) is 14.4. The van der Waals surface area contributed by atoms with Crippen LogP contribution < -0.4 is 5.32 Å². The van der Waals surface area contributed by atoms with E-state index < -0.39 is 0 Å². The molecule has 0 unspecified atom stereocenters. The molecule has 20 heavy (non-hydrogen) atoms. The standard InChI is InChI=1S/C17H17NOS/c1-13(12-14(2)19)18-16-10-6-7-11-17(16)20-15-8-4-3-5-9-15/h3-12,18H,1-2H3/b13-12-. The van der Waals surface area contributed by atoms with E-state index in [1.165, 1.54) is 4.90 Å². The summed E-state index contributed by atoms with van der Waals surface area (Å²) < 4.78 is 0. The zero-order valence-electron chi connectivity index (χ0n) is 11.6. The first-order valence-electron chi connectivity index (χ1n) is 6.43. The topological polar surface area (TPSA) is 29.1 Å². The number of ketones is 1. The number of carbonyl (C=O) groups excluding carboxylic acids is 1. The van der Waals surface area contributed by atoms with E-state index >= 15 is 0 Å². The number of nitrogens with one attached hydrogen (secondary N) is 1. The van der Waals surface area contributed by atoms with Gasteiger partial charge in [0.15, 0.2) is 5.78 Å². The van der Waals surface area contributed by atoms with Gasteiger partial charge in [-0.15, -0.1) is 0 Å². The summed E-state index contributed by atoms with van der Waals surface area (Å²) in [4.78, 5) is 13.4. The smallest absolute Gasteiger partial charge is 0.154 e. The summed E-state index contributed by atoms with van der Waals surface area (Å²) in [5.74, 6) is 0.0446. The molecule has 0 aliphatic heterocycles. The van der Waals surface area contributed by atoms with Crippen molar-refractivity contribution in [3.05, 3.63) is 66.4 Å². The van der Waals surface area contributed by atoms with Crippen LogP contribution in [-0.4, -0.2) is 5.78 Å². The van der Waals surface area contributed by atoms with Crippen LogP contribution in [0.5, 0.6) is 0 Å². The molecule has 2 rings (SSSR count). The summed E-state index contributed by atoms with van der Waals surface area (Å²) in [6.45, 7) is 3.45. The van der Waals surface area contributed by atoms with Gasteiger partial charge in [-0.2, -0.15) is 0 Å². The van der Waals surface area contributed by atoms with Crippen molar-refractivity contribution in [2.24, 2.45) is 0 Å². The number of anilines is 1. The van der Waals surface area contributed by atoms with E-state index in [4.69, 9.17) is 0 Å². The maximum absolute atomic E-state index is 11.1. The quantitative estimate of drug-likeness (QED) is 0.803. The summed E-state index contributed by atoms with van der Waals surface area (Å²) in [7, 11) is 0. The van der Waals surface area contributed by atoms with E-state index in [9.17, 15) is 4.79 Å². The Bertz CT molecular complexity index is 620. The second kappa shape index (κ2) is 6.96. The molecule has 0 aliphatic rings. The summed E-state index contributed by atoms with van der Waals surface area (Å²) >= 11 is 1.70. The van der Waals surface area contributed by atoms with Gasteiger partial charge < -0.3 is 5.32 Å². The normalized spacial score (nSPS) is 11.2. The predicted molar refractivity (Wildman–Crippen MR) is 85.1 cm³/mol. The van der Waals surface area contributed by atoms with Crippen LogP contribution in [0.15, 0.2) is 76.2 Å². The van der Waals surface area contributed by atoms with Gasteiger partial charge in [0.05, 0.1) is 5.69 Å². The largest absolute Gasteiger partial charge is 0.358 e. The molecule has 0 radical (unpaired) electrons. The Kier molecular flexibility index (Phi) is 5.02. The lowest BCUT2D eigenvalue weighted by Crippen LogP contribution is -1.99. The zero-order valence-corrected chi connectivity index (χ0v) is 12.4. The molecule has 0 saturated heterocycles. The van der Waals surface area contributed by atoms with E-state index in [0.29, 0.717) is 0 Å². The van der Waals surface area contributed by atoms with E-state index in [0.717, 1.165) is 16.3 Å². The lowest BCUT2D eigenvalue weighted by atomic mass is 10.3. The molecule has 1 N–H and O–H groups in total. The van der Waals surface area contributed by atoms with E-state index in [-0.39, 0.29) is 5.78 Å². The summed E-state index contributed by atoms with van der Waals surface area (Å²) in [6, 6.07) is 18.3. The van der Waals surface area contributed by atoms with E-state index in [2.05, 4.69) is 23.5 Å². The van der Waals surface area contributed by atoms with Crippen molar-refractivity contribution in [3.8, 4) is 0 Å². The van der Waals surface area contributed by atoms with Gasteiger partial charge in [0.1, 0.15) is 0 Å². The minimum atomic E-state index is 0.0446. The number of para-hydroxylation sites is 1. The molecule has 2 aromatic rings. The molecule has 2 aromatic carbocycles. The molecular weight excluding hydrogens is 266 g/mol. The highest BCUT2D eigenvalue weighted by Crippen LogP contribution is 2.33. The molecule has 0 saturated carbocycles. The van der Waals surface area contributed by atoms with Crippen LogP contribution in [0, 0.1) is 0 Å². The molecular formula is C17H17NOS. The third kappa shape index (κ3) is 4.28. The van der Waals surface area contributed by atoms with Gasteiger partial charge in [-0.05, 0) is 44.2 Å². The molecule has 0 aliphatic carbocycles. The molecule has 0 aromatic heterocycles. The first-order valence-corrected chi connectivity index (χ1v) is 7.24. The highest BCUT2D eigenvalue weighted by Gasteiger charge is 2.04. The highest BCUT2D eigenvalue weighted by molar-refractivity contribution is 7.99. The van der Waals surface area contributed by atoms with E-state index in [1.807, 2.05) is 43.3 Å². The fraction of sp³-hybridized carbons (Fsp3) is 0.118. The minimum absolute atomic E-state index is 0.0446. The highest BCUT2D eigenvalue weighted by atomic mass is 32.2. The fourth-order valence-electron chi connectivity index (χ4n) is 1.83. The summed E-state index contributed by atoms with van der Waals surface area (Å²) in [5.41, 5.74) is 1.86. The van der Waals surface area contributed by atoms with Crippen LogP contribution >= 0.6 is 11.8 Å². The molecule has 0 amide bonds. The SMILES string of the molecule is CC(=O)/C=C(/C)Nc1ccccc1Sc1ccccc1. The van der Waals surface area contributed by atoms with Crippen LogP contribution in [0.4, 0.5) is 5.69 Å². The molecule has 2 nitrogen and oxygen atoms in total. The van der Waals surface area contributed by atoms with Crippen molar-refractivity contribution in [1.82, 2.24) is 0 Å². The van der Waals surface area contributed by atoms with E-state index in [1.54, 1.807) is 24.8 Å². The lowest BCUT2D eigenvalue weighted by molar-refractivity contribution is -0.112. The van der Waals surface area contributed by atoms with Gasteiger partial charge in [-0.25, -0.2) is 0 Å². The number of rotatable bonds is 5. The molecule has 0 heterocycles. The monoisotopic (exact) mass is 283 g/mol. The van der Waals surface area contributed by atoms with Crippen molar-refractivity contribution in [2.75, 3.05) is 5.32 Å². The number of hydrogen-bond donors (Lipinski definition) is 1. The van der Waals surface area contributed by atoms with Crippen LogP contribution in [-0.2, 0) is 4.79 Å². The Hall–Kier alpha value is -2.00. The Morgan fingerprint density at radius 2 is 1.65 bits per heavy atom. The first-order chi connectivity index (χ1) is 9.65. The average Bonchev–Trinajstić information content (AvgIpc) is 2.41. The number of benzene rings is 2. The summed E-state index contributed by atoms with van der Waals surface area (Å²) in [5, 5.41) is 3.28. The van der Waals surface area contributed by atoms with Crippen LogP contribution in [0.3, 0.4) is 0 Å². The Balaban J connectivity index is 2.20. The van der Waals surface area contributed by atoms with Crippen molar-refractivity contribution >= 4 is 23.2 Å². The van der Waals surface area contributed by atoms with Crippen LogP contribution in [0.25, 0.3) is 0 Å². The number of carbonyl (C=O) groups is 1. The van der Waals surface area contributed by atoms with Crippen molar-refractivity contribution < 1.29 is 4.79 Å². The van der Waals surface area contributed by atoms with Crippen molar-refractivity contribution in [1.29, 1.82) is 0 Å². The van der Waals surface area contributed by atoms with Crippen LogP contribution in [0.2, 0.25) is 0 Å². The Labute approximate surface area is 123 Å². The van der Waals surface area contributed by atoms with Gasteiger partial charge in [-0.3, -0.25) is 4.79 Å². The molecule has 0 atom stereocenters. The number of allylic oxidation sites excluding steroid dienone is 2. The van der Waals surface area contributed by atoms with Gasteiger partial charge in [-0.1, -0.05) is 42.1 Å². The molecule has 102 valence electrons. The predicted octanol–water partition coefficient (Wildman–Crippen LogP) is 4.74. The maximum atomic E-state index is 11.1. The Morgan fingerprint density at radius 1 is 1.00 bits per heavy atom. The van der Waals surface area contributed by atoms with Gasteiger partial charge in [0.25, 0.3) is 0 Å². The second-order valence-electron chi connectivity index (χ2n) is 4.47. The second-order valence-corrected chi connectivity index (χ2v) is 5.59. The average molecular weight is 283 g/mol. The molecule has 3 heteroatoms. The van der Waals surface area contributed by atoms with Crippen molar-refractivity contribution in [2.45, 2.75) is 23.6 Å². The number of hydrogen-bond acceptors (Lipinski definition) is 3. The molecule has 0 bridgehead atoms. The maximum Gasteiger partial charge on any atom is 0.154 e. The molecule has 0 spiro atoms. The van der Waals surface area contributed by atoms with Gasteiger partial charge in [0.2, 0.25) is 0 Å². The fourth-order valence-corrected chi connectivity index (χ4v) is 2.75. The lowest BCUT2D eigenvalue weighted by Gasteiger charge is -2.11. The summed E-state index contributed by atoms with van der Waals surface area (Å²) in [6.07, 6.45) is 1.60. The minimum Gasteiger partial charge on any atom is -0.358 e. The third-order valence-corrected chi connectivity index (χ3v) is 3.69.